The Morgan fingerprint density at radius 1 is 1.00 bits per heavy atom. The van der Waals surface area contributed by atoms with Crippen molar-refractivity contribution in [1.82, 2.24) is 10.9 Å². The molecule has 138 valence electrons. The highest BCUT2D eigenvalue weighted by Gasteiger charge is 2.12. The first-order valence-corrected chi connectivity index (χ1v) is 8.94. The minimum Gasteiger partial charge on any atom is -0.484 e. The predicted molar refractivity (Wildman–Crippen MR) is 103 cm³/mol. The first-order valence-electron chi connectivity index (χ1n) is 7.39. The molecule has 0 aliphatic heterocycles. The molecule has 26 heavy (non-hydrogen) atoms. The Bertz CT molecular complexity index is 777. The van der Waals surface area contributed by atoms with Gasteiger partial charge in [-0.2, -0.15) is 0 Å². The highest BCUT2D eigenvalue weighted by atomic mass is 79.9. The van der Waals surface area contributed by atoms with Crippen LogP contribution >= 0.6 is 39.1 Å². The van der Waals surface area contributed by atoms with Gasteiger partial charge in [0, 0.05) is 5.02 Å². The van der Waals surface area contributed by atoms with Gasteiger partial charge in [0.15, 0.2) is 19.0 Å². The van der Waals surface area contributed by atoms with E-state index in [1.807, 2.05) is 19.1 Å². The SMILES string of the molecule is Cc1ccc(OCC(=O)NNC(=O)COc2c(Cl)cc(Cl)cc2Br)cc1. The first-order chi connectivity index (χ1) is 12.3. The third kappa shape index (κ3) is 6.40. The van der Waals surface area contributed by atoms with Gasteiger partial charge < -0.3 is 9.47 Å². The molecule has 0 radical (unpaired) electrons. The Labute approximate surface area is 168 Å². The molecule has 0 unspecified atom stereocenters. The maximum atomic E-state index is 11.7. The third-order valence-electron chi connectivity index (χ3n) is 3.04. The van der Waals surface area contributed by atoms with E-state index < -0.39 is 11.8 Å². The standard InChI is InChI=1S/C17H15BrCl2N2O4/c1-10-2-4-12(5-3-10)25-8-15(23)21-22-16(24)9-26-17-13(18)6-11(19)7-14(17)20/h2-7H,8-9H2,1H3,(H,21,23)(H,22,24). The van der Waals surface area contributed by atoms with Gasteiger partial charge in [-0.1, -0.05) is 40.9 Å². The second kappa shape index (κ2) is 9.66. The summed E-state index contributed by atoms with van der Waals surface area (Å²) in [4.78, 5) is 23.4. The van der Waals surface area contributed by atoms with Crippen LogP contribution in [0.3, 0.4) is 0 Å². The lowest BCUT2D eigenvalue weighted by Gasteiger charge is -2.12. The van der Waals surface area contributed by atoms with Gasteiger partial charge in [-0.05, 0) is 47.1 Å². The molecule has 0 spiro atoms. The molecule has 0 fully saturated rings. The van der Waals surface area contributed by atoms with Crippen molar-refractivity contribution in [3.63, 3.8) is 0 Å². The minimum atomic E-state index is -0.563. The molecule has 2 amide bonds. The number of aryl methyl sites for hydroxylation is 1. The van der Waals surface area contributed by atoms with Crippen molar-refractivity contribution in [3.8, 4) is 11.5 Å². The fourth-order valence-corrected chi connectivity index (χ4v) is 3.17. The Morgan fingerprint density at radius 2 is 1.58 bits per heavy atom. The van der Waals surface area contributed by atoms with E-state index in [-0.39, 0.29) is 24.0 Å². The lowest BCUT2D eigenvalue weighted by Crippen LogP contribution is -2.45. The van der Waals surface area contributed by atoms with E-state index in [0.717, 1.165) is 5.56 Å². The molecule has 0 atom stereocenters. The number of nitrogens with one attached hydrogen (secondary N) is 2. The summed E-state index contributed by atoms with van der Waals surface area (Å²) in [6.45, 7) is 1.36. The number of hydrazine groups is 1. The van der Waals surface area contributed by atoms with Crippen LogP contribution in [0, 0.1) is 6.92 Å². The molecule has 6 nitrogen and oxygen atoms in total. The van der Waals surface area contributed by atoms with Gasteiger partial charge in [-0.3, -0.25) is 20.4 Å². The highest BCUT2D eigenvalue weighted by molar-refractivity contribution is 9.10. The Morgan fingerprint density at radius 3 is 2.15 bits per heavy atom. The third-order valence-corrected chi connectivity index (χ3v) is 4.13. The second-order valence-electron chi connectivity index (χ2n) is 5.19. The van der Waals surface area contributed by atoms with E-state index in [2.05, 4.69) is 26.8 Å². The van der Waals surface area contributed by atoms with Crippen LogP contribution in [0.1, 0.15) is 5.56 Å². The molecular weight excluding hydrogens is 447 g/mol. The van der Waals surface area contributed by atoms with E-state index in [1.165, 1.54) is 6.07 Å². The molecule has 0 aliphatic carbocycles. The lowest BCUT2D eigenvalue weighted by molar-refractivity contribution is -0.131. The molecule has 2 rings (SSSR count). The highest BCUT2D eigenvalue weighted by Crippen LogP contribution is 2.35. The molecule has 0 heterocycles. The van der Waals surface area contributed by atoms with Crippen LogP contribution in [-0.2, 0) is 9.59 Å². The monoisotopic (exact) mass is 460 g/mol. The first kappa shape index (κ1) is 20.4. The Balaban J connectivity index is 1.73. The fourth-order valence-electron chi connectivity index (χ4n) is 1.80. The van der Waals surface area contributed by atoms with Gasteiger partial charge in [0.25, 0.3) is 11.8 Å². The van der Waals surface area contributed by atoms with Crippen LogP contribution < -0.4 is 20.3 Å². The molecule has 9 heteroatoms. The van der Waals surface area contributed by atoms with Gasteiger partial charge in [0.2, 0.25) is 0 Å². The zero-order chi connectivity index (χ0) is 19.1. The van der Waals surface area contributed by atoms with Crippen molar-refractivity contribution < 1.29 is 19.1 Å². The largest absolute Gasteiger partial charge is 0.484 e. The number of ether oxygens (including phenoxy) is 2. The molecule has 2 aromatic carbocycles. The van der Waals surface area contributed by atoms with Gasteiger partial charge in [-0.15, -0.1) is 0 Å². The molecule has 0 saturated heterocycles. The number of hydrogen-bond donors (Lipinski definition) is 2. The molecule has 0 bridgehead atoms. The number of benzene rings is 2. The zero-order valence-corrected chi connectivity index (χ0v) is 16.7. The van der Waals surface area contributed by atoms with E-state index in [0.29, 0.717) is 15.2 Å². The quantitative estimate of drug-likeness (QED) is 0.643. The molecule has 0 saturated carbocycles. The van der Waals surface area contributed by atoms with Crippen LogP contribution in [0.15, 0.2) is 40.9 Å². The average molecular weight is 462 g/mol. The van der Waals surface area contributed by atoms with Crippen molar-refractivity contribution >= 4 is 50.9 Å². The number of carbonyl (C=O) groups excluding carboxylic acids is 2. The van der Waals surface area contributed by atoms with Crippen LogP contribution in [0.25, 0.3) is 0 Å². The maximum Gasteiger partial charge on any atom is 0.276 e. The van der Waals surface area contributed by atoms with E-state index in [4.69, 9.17) is 32.7 Å². The summed E-state index contributed by atoms with van der Waals surface area (Å²) < 4.78 is 11.1. The second-order valence-corrected chi connectivity index (χ2v) is 6.88. The summed E-state index contributed by atoms with van der Waals surface area (Å²) >= 11 is 15.1. The Kier molecular flexibility index (Phi) is 7.56. The van der Waals surface area contributed by atoms with Crippen molar-refractivity contribution in [2.75, 3.05) is 13.2 Å². The van der Waals surface area contributed by atoms with Crippen molar-refractivity contribution in [1.29, 1.82) is 0 Å². The molecule has 0 aliphatic rings. The summed E-state index contributed by atoms with van der Waals surface area (Å²) in [6.07, 6.45) is 0. The van der Waals surface area contributed by atoms with Crippen molar-refractivity contribution in [3.05, 3.63) is 56.5 Å². The summed E-state index contributed by atoms with van der Waals surface area (Å²) in [7, 11) is 0. The summed E-state index contributed by atoms with van der Waals surface area (Å²) in [5.74, 6) is -0.237. The molecule has 2 aromatic rings. The lowest BCUT2D eigenvalue weighted by atomic mass is 10.2. The van der Waals surface area contributed by atoms with Crippen LogP contribution in [0.2, 0.25) is 10.0 Å². The number of rotatable bonds is 6. The smallest absolute Gasteiger partial charge is 0.276 e. The number of halogens is 3. The van der Waals surface area contributed by atoms with E-state index in [9.17, 15) is 9.59 Å². The summed E-state index contributed by atoms with van der Waals surface area (Å²) in [6, 6.07) is 10.3. The van der Waals surface area contributed by atoms with Gasteiger partial charge in [-0.25, -0.2) is 0 Å². The van der Waals surface area contributed by atoms with Gasteiger partial charge in [0.05, 0.1) is 9.50 Å². The average Bonchev–Trinajstić information content (AvgIpc) is 2.58. The van der Waals surface area contributed by atoms with Gasteiger partial charge >= 0.3 is 0 Å². The Hall–Kier alpha value is -1.96. The predicted octanol–water partition coefficient (Wildman–Crippen LogP) is 3.67. The normalized spacial score (nSPS) is 10.2. The van der Waals surface area contributed by atoms with Crippen LogP contribution in [-0.4, -0.2) is 25.0 Å². The van der Waals surface area contributed by atoms with Crippen LogP contribution in [0.5, 0.6) is 11.5 Å². The molecule has 2 N–H and O–H groups in total. The van der Waals surface area contributed by atoms with Gasteiger partial charge in [0.1, 0.15) is 5.75 Å². The minimum absolute atomic E-state index is 0.237. The van der Waals surface area contributed by atoms with Crippen molar-refractivity contribution in [2.24, 2.45) is 0 Å². The fraction of sp³-hybridized carbons (Fsp3) is 0.176. The number of carbonyl (C=O) groups is 2. The molecular formula is C17H15BrCl2N2O4. The summed E-state index contributed by atoms with van der Waals surface area (Å²) in [5, 5.41) is 0.687. The zero-order valence-electron chi connectivity index (χ0n) is 13.6. The topological polar surface area (TPSA) is 76.7 Å². The summed E-state index contributed by atoms with van der Waals surface area (Å²) in [5.41, 5.74) is 5.53. The number of amides is 2. The van der Waals surface area contributed by atoms with Crippen molar-refractivity contribution in [2.45, 2.75) is 6.92 Å². The van der Waals surface area contributed by atoms with Crippen LogP contribution in [0.4, 0.5) is 0 Å². The number of hydrogen-bond acceptors (Lipinski definition) is 4. The van der Waals surface area contributed by atoms with E-state index >= 15 is 0 Å². The maximum absolute atomic E-state index is 11.7. The molecule has 0 aromatic heterocycles. The van der Waals surface area contributed by atoms with E-state index in [1.54, 1.807) is 18.2 Å².